The molecule has 3 nitrogen and oxygen atoms in total. The van der Waals surface area contributed by atoms with E-state index in [0.717, 1.165) is 38.3 Å². The number of carbonyl (C=O) groups excluding carboxylic acids is 1. The van der Waals surface area contributed by atoms with Gasteiger partial charge in [0.1, 0.15) is 0 Å². The molecular formula is C15H28N2O. The minimum Gasteiger partial charge on any atom is -0.341 e. The molecule has 1 amide bonds. The average molecular weight is 252 g/mol. The summed E-state index contributed by atoms with van der Waals surface area (Å²) in [5, 5.41) is 0. The van der Waals surface area contributed by atoms with Gasteiger partial charge < -0.3 is 10.6 Å². The molecule has 1 heterocycles. The van der Waals surface area contributed by atoms with Crippen LogP contribution in [-0.4, -0.2) is 29.9 Å². The summed E-state index contributed by atoms with van der Waals surface area (Å²) in [6.45, 7) is 8.61. The van der Waals surface area contributed by atoms with Gasteiger partial charge in [-0.3, -0.25) is 4.79 Å². The SMILES string of the molecule is CC(C)(C)C1CCC(C(=O)N2CCC(N)C2)CC1. The molecule has 0 spiro atoms. The van der Waals surface area contributed by atoms with Crippen LogP contribution in [0, 0.1) is 17.3 Å². The highest BCUT2D eigenvalue weighted by Crippen LogP contribution is 2.40. The molecule has 1 atom stereocenters. The Bertz CT molecular complexity index is 300. The zero-order valence-corrected chi connectivity index (χ0v) is 12.1. The predicted molar refractivity (Wildman–Crippen MR) is 74.1 cm³/mol. The van der Waals surface area contributed by atoms with Crippen molar-refractivity contribution in [3.63, 3.8) is 0 Å². The first-order valence-electron chi connectivity index (χ1n) is 7.42. The highest BCUT2D eigenvalue weighted by molar-refractivity contribution is 5.79. The predicted octanol–water partition coefficient (Wildman–Crippen LogP) is 2.40. The van der Waals surface area contributed by atoms with E-state index in [9.17, 15) is 4.79 Å². The number of hydrogen-bond donors (Lipinski definition) is 1. The summed E-state index contributed by atoms with van der Waals surface area (Å²) < 4.78 is 0. The summed E-state index contributed by atoms with van der Waals surface area (Å²) >= 11 is 0. The van der Waals surface area contributed by atoms with Crippen molar-refractivity contribution < 1.29 is 4.79 Å². The summed E-state index contributed by atoms with van der Waals surface area (Å²) in [5.74, 6) is 1.42. The van der Waals surface area contributed by atoms with Gasteiger partial charge in [-0.15, -0.1) is 0 Å². The third kappa shape index (κ3) is 3.05. The maximum atomic E-state index is 12.4. The lowest BCUT2D eigenvalue weighted by atomic mass is 9.69. The second-order valence-corrected chi connectivity index (χ2v) is 7.25. The normalized spacial score (nSPS) is 33.8. The lowest BCUT2D eigenvalue weighted by Gasteiger charge is -2.37. The lowest BCUT2D eigenvalue weighted by molar-refractivity contribution is -0.136. The first-order valence-corrected chi connectivity index (χ1v) is 7.42. The fraction of sp³-hybridized carbons (Fsp3) is 0.933. The van der Waals surface area contributed by atoms with Crippen molar-refractivity contribution in [2.75, 3.05) is 13.1 Å². The summed E-state index contributed by atoms with van der Waals surface area (Å²) in [5.41, 5.74) is 6.27. The molecule has 2 aliphatic rings. The molecule has 3 heteroatoms. The number of amides is 1. The Morgan fingerprint density at radius 3 is 2.17 bits per heavy atom. The summed E-state index contributed by atoms with van der Waals surface area (Å²) in [6, 6.07) is 0.208. The summed E-state index contributed by atoms with van der Waals surface area (Å²) in [7, 11) is 0. The van der Waals surface area contributed by atoms with E-state index in [2.05, 4.69) is 20.8 Å². The molecule has 1 aliphatic heterocycles. The Kier molecular flexibility index (Phi) is 4.00. The highest BCUT2D eigenvalue weighted by Gasteiger charge is 2.35. The van der Waals surface area contributed by atoms with Crippen molar-refractivity contribution in [1.82, 2.24) is 4.90 Å². The number of rotatable bonds is 1. The number of hydrogen-bond acceptors (Lipinski definition) is 2. The Morgan fingerprint density at radius 1 is 1.11 bits per heavy atom. The van der Waals surface area contributed by atoms with E-state index >= 15 is 0 Å². The van der Waals surface area contributed by atoms with E-state index in [1.54, 1.807) is 0 Å². The minimum absolute atomic E-state index is 0.208. The van der Waals surface area contributed by atoms with Crippen LogP contribution in [0.3, 0.4) is 0 Å². The van der Waals surface area contributed by atoms with Crippen LogP contribution in [0.15, 0.2) is 0 Å². The number of nitrogens with zero attached hydrogens (tertiary/aromatic N) is 1. The fourth-order valence-electron chi connectivity index (χ4n) is 3.45. The Labute approximate surface area is 111 Å². The van der Waals surface area contributed by atoms with Crippen LogP contribution in [-0.2, 0) is 4.79 Å². The zero-order valence-electron chi connectivity index (χ0n) is 12.1. The average Bonchev–Trinajstić information content (AvgIpc) is 2.74. The van der Waals surface area contributed by atoms with Crippen LogP contribution in [0.1, 0.15) is 52.9 Å². The number of likely N-dealkylation sites (tertiary alicyclic amines) is 1. The zero-order chi connectivity index (χ0) is 13.3. The van der Waals surface area contributed by atoms with Gasteiger partial charge in [0.05, 0.1) is 0 Å². The fourth-order valence-corrected chi connectivity index (χ4v) is 3.45. The van der Waals surface area contributed by atoms with E-state index in [1.165, 1.54) is 12.8 Å². The van der Waals surface area contributed by atoms with E-state index in [-0.39, 0.29) is 12.0 Å². The van der Waals surface area contributed by atoms with E-state index in [4.69, 9.17) is 5.73 Å². The minimum atomic E-state index is 0.208. The largest absolute Gasteiger partial charge is 0.341 e. The number of carbonyl (C=O) groups is 1. The molecule has 1 aliphatic carbocycles. The van der Waals surface area contributed by atoms with Crippen molar-refractivity contribution in [2.24, 2.45) is 23.0 Å². The van der Waals surface area contributed by atoms with E-state index in [0.29, 0.717) is 11.3 Å². The molecule has 0 radical (unpaired) electrons. The second kappa shape index (κ2) is 5.20. The maximum absolute atomic E-state index is 12.4. The summed E-state index contributed by atoms with van der Waals surface area (Å²) in [6.07, 6.45) is 5.54. The smallest absolute Gasteiger partial charge is 0.225 e. The molecule has 0 aromatic rings. The van der Waals surface area contributed by atoms with Crippen LogP contribution in [0.2, 0.25) is 0 Å². The van der Waals surface area contributed by atoms with Gasteiger partial charge in [-0.2, -0.15) is 0 Å². The monoisotopic (exact) mass is 252 g/mol. The molecule has 1 saturated heterocycles. The Balaban J connectivity index is 1.84. The molecule has 18 heavy (non-hydrogen) atoms. The molecule has 2 N–H and O–H groups in total. The molecule has 1 saturated carbocycles. The van der Waals surface area contributed by atoms with Gasteiger partial charge in [0, 0.05) is 25.0 Å². The van der Waals surface area contributed by atoms with Crippen molar-refractivity contribution in [3.8, 4) is 0 Å². The van der Waals surface area contributed by atoms with Gasteiger partial charge >= 0.3 is 0 Å². The highest BCUT2D eigenvalue weighted by atomic mass is 16.2. The number of nitrogens with two attached hydrogens (primary N) is 1. The van der Waals surface area contributed by atoms with Crippen molar-refractivity contribution in [3.05, 3.63) is 0 Å². The van der Waals surface area contributed by atoms with Crippen LogP contribution in [0.4, 0.5) is 0 Å². The van der Waals surface area contributed by atoms with E-state index in [1.807, 2.05) is 4.90 Å². The topological polar surface area (TPSA) is 46.3 Å². The van der Waals surface area contributed by atoms with E-state index < -0.39 is 0 Å². The second-order valence-electron chi connectivity index (χ2n) is 7.25. The van der Waals surface area contributed by atoms with Gasteiger partial charge in [-0.1, -0.05) is 20.8 Å². The Morgan fingerprint density at radius 2 is 1.72 bits per heavy atom. The van der Waals surface area contributed by atoms with Gasteiger partial charge in [0.15, 0.2) is 0 Å². The molecule has 0 bridgehead atoms. The van der Waals surface area contributed by atoms with Crippen LogP contribution < -0.4 is 5.73 Å². The third-order valence-corrected chi connectivity index (χ3v) is 4.84. The molecule has 104 valence electrons. The Hall–Kier alpha value is -0.570. The first-order chi connectivity index (χ1) is 8.38. The third-order valence-electron chi connectivity index (χ3n) is 4.84. The van der Waals surface area contributed by atoms with Gasteiger partial charge in [0.2, 0.25) is 5.91 Å². The van der Waals surface area contributed by atoms with Gasteiger partial charge in [-0.05, 0) is 43.4 Å². The lowest BCUT2D eigenvalue weighted by Crippen LogP contribution is -2.38. The molecule has 1 unspecified atom stereocenters. The standard InChI is InChI=1S/C15H28N2O/c1-15(2,3)12-6-4-11(5-7-12)14(18)17-9-8-13(16)10-17/h11-13H,4-10,16H2,1-3H3. The maximum Gasteiger partial charge on any atom is 0.225 e. The van der Waals surface area contributed by atoms with Crippen LogP contribution in [0.25, 0.3) is 0 Å². The van der Waals surface area contributed by atoms with Crippen molar-refractivity contribution in [1.29, 1.82) is 0 Å². The molecule has 2 fully saturated rings. The molecule has 2 rings (SSSR count). The summed E-state index contributed by atoms with van der Waals surface area (Å²) in [4.78, 5) is 14.4. The van der Waals surface area contributed by atoms with Crippen LogP contribution in [0.5, 0.6) is 0 Å². The van der Waals surface area contributed by atoms with Gasteiger partial charge in [-0.25, -0.2) is 0 Å². The quantitative estimate of drug-likeness (QED) is 0.779. The van der Waals surface area contributed by atoms with Crippen molar-refractivity contribution in [2.45, 2.75) is 58.9 Å². The molecular weight excluding hydrogens is 224 g/mol. The molecule has 0 aromatic carbocycles. The van der Waals surface area contributed by atoms with Crippen molar-refractivity contribution >= 4 is 5.91 Å². The van der Waals surface area contributed by atoms with Crippen LogP contribution >= 0.6 is 0 Å². The first kappa shape index (κ1) is 13.9. The molecule has 0 aromatic heterocycles. The van der Waals surface area contributed by atoms with Gasteiger partial charge in [0.25, 0.3) is 0 Å².